The largest absolute Gasteiger partial charge is 0.494 e. The van der Waals surface area contributed by atoms with Crippen molar-refractivity contribution in [1.29, 1.82) is 0 Å². The van der Waals surface area contributed by atoms with Crippen LogP contribution < -0.4 is 15.6 Å². The Morgan fingerprint density at radius 3 is 2.83 bits per heavy atom. The number of nitrogens with zero attached hydrogens (tertiary/aromatic N) is 3. The van der Waals surface area contributed by atoms with Gasteiger partial charge in [0.2, 0.25) is 0 Å². The Morgan fingerprint density at radius 1 is 1.28 bits per heavy atom. The average Bonchev–Trinajstić information content (AvgIpc) is 3.37. The number of carbonyl (C=O) groups is 1. The summed E-state index contributed by atoms with van der Waals surface area (Å²) in [7, 11) is 2.90. The van der Waals surface area contributed by atoms with E-state index in [-0.39, 0.29) is 23.5 Å². The molecule has 0 fully saturated rings. The van der Waals surface area contributed by atoms with Crippen molar-refractivity contribution in [3.8, 4) is 5.75 Å². The highest BCUT2D eigenvalue weighted by atomic mass is 19.1. The molecule has 1 aromatic carbocycles. The number of aromatic amines is 1. The fraction of sp³-hybridized carbons (Fsp3) is 0.320. The van der Waals surface area contributed by atoms with Crippen molar-refractivity contribution in [3.05, 3.63) is 86.6 Å². The van der Waals surface area contributed by atoms with Crippen LogP contribution in [0, 0.1) is 12.7 Å². The van der Waals surface area contributed by atoms with E-state index in [2.05, 4.69) is 25.4 Å². The molecule has 0 radical (unpaired) electrons. The molecule has 2 N–H and O–H groups in total. The standard InChI is InChI=1S/C25H26FN5O5/c1-13(34-3)23-16(7-8-27-25(23)33)21-11-19(31-36-21)18-10-20(30-14(2)29-18)24(32)28-12-15-5-6-17(26)22(9-15)35-4/h5-10,13,21H,11-12H2,1-4H3,(H,27,33)(H,28,32). The normalized spacial score (nSPS) is 15.7. The molecule has 0 aliphatic carbocycles. The number of hydrogen-bond donors (Lipinski definition) is 2. The first-order chi connectivity index (χ1) is 17.3. The fourth-order valence-electron chi connectivity index (χ4n) is 3.94. The Kier molecular flexibility index (Phi) is 7.39. The minimum atomic E-state index is -0.504. The molecule has 10 nitrogen and oxygen atoms in total. The van der Waals surface area contributed by atoms with E-state index in [4.69, 9.17) is 14.3 Å². The molecule has 0 bridgehead atoms. The van der Waals surface area contributed by atoms with Crippen LogP contribution in [-0.2, 0) is 16.1 Å². The lowest BCUT2D eigenvalue weighted by Gasteiger charge is -2.17. The quantitative estimate of drug-likeness (QED) is 0.491. The third-order valence-electron chi connectivity index (χ3n) is 5.84. The van der Waals surface area contributed by atoms with Gasteiger partial charge in [-0.15, -0.1) is 0 Å². The molecule has 2 unspecified atom stereocenters. The molecule has 188 valence electrons. The van der Waals surface area contributed by atoms with Gasteiger partial charge in [0.05, 0.1) is 24.5 Å². The molecule has 0 saturated carbocycles. The maximum atomic E-state index is 13.6. The summed E-state index contributed by atoms with van der Waals surface area (Å²) in [5.74, 6) is -0.423. The number of pyridine rings is 1. The molecular weight excluding hydrogens is 469 g/mol. The van der Waals surface area contributed by atoms with Crippen molar-refractivity contribution >= 4 is 11.6 Å². The Morgan fingerprint density at radius 2 is 2.08 bits per heavy atom. The van der Waals surface area contributed by atoms with Gasteiger partial charge >= 0.3 is 0 Å². The zero-order valence-electron chi connectivity index (χ0n) is 20.3. The van der Waals surface area contributed by atoms with Gasteiger partial charge in [-0.2, -0.15) is 0 Å². The second-order valence-electron chi connectivity index (χ2n) is 8.23. The fourth-order valence-corrected chi connectivity index (χ4v) is 3.94. The number of amides is 1. The lowest BCUT2D eigenvalue weighted by Crippen LogP contribution is -2.25. The highest BCUT2D eigenvalue weighted by molar-refractivity contribution is 6.02. The number of aryl methyl sites for hydroxylation is 1. The number of H-pyrrole nitrogens is 1. The lowest BCUT2D eigenvalue weighted by atomic mass is 9.97. The van der Waals surface area contributed by atoms with Crippen LogP contribution in [0.4, 0.5) is 4.39 Å². The average molecular weight is 496 g/mol. The van der Waals surface area contributed by atoms with Gasteiger partial charge in [-0.05, 0) is 43.7 Å². The van der Waals surface area contributed by atoms with E-state index >= 15 is 0 Å². The molecule has 4 rings (SSSR count). The second kappa shape index (κ2) is 10.6. The molecule has 11 heteroatoms. The van der Waals surface area contributed by atoms with Crippen molar-refractivity contribution in [2.75, 3.05) is 14.2 Å². The maximum Gasteiger partial charge on any atom is 0.270 e. The van der Waals surface area contributed by atoms with Gasteiger partial charge in [0, 0.05) is 31.8 Å². The number of halogens is 1. The number of oxime groups is 1. The Balaban J connectivity index is 1.50. The first-order valence-corrected chi connectivity index (χ1v) is 11.2. The summed E-state index contributed by atoms with van der Waals surface area (Å²) < 4.78 is 24.0. The molecule has 3 heterocycles. The van der Waals surface area contributed by atoms with Crippen molar-refractivity contribution in [1.82, 2.24) is 20.3 Å². The van der Waals surface area contributed by atoms with Gasteiger partial charge in [-0.3, -0.25) is 9.59 Å². The van der Waals surface area contributed by atoms with Crippen molar-refractivity contribution < 1.29 is 23.5 Å². The molecule has 1 amide bonds. The van der Waals surface area contributed by atoms with Gasteiger partial charge in [-0.1, -0.05) is 11.2 Å². The summed E-state index contributed by atoms with van der Waals surface area (Å²) in [5.41, 5.74) is 2.69. The summed E-state index contributed by atoms with van der Waals surface area (Å²) in [6.07, 6.45) is 0.963. The first-order valence-electron chi connectivity index (χ1n) is 11.2. The molecule has 36 heavy (non-hydrogen) atoms. The van der Waals surface area contributed by atoms with Crippen LogP contribution in [0.1, 0.15) is 64.2 Å². The third-order valence-corrected chi connectivity index (χ3v) is 5.84. The summed E-state index contributed by atoms with van der Waals surface area (Å²) in [4.78, 5) is 42.2. The van der Waals surface area contributed by atoms with E-state index in [1.54, 1.807) is 32.2 Å². The lowest BCUT2D eigenvalue weighted by molar-refractivity contribution is 0.0773. The van der Waals surface area contributed by atoms with E-state index in [9.17, 15) is 14.0 Å². The number of aromatic nitrogens is 3. The van der Waals surface area contributed by atoms with Gasteiger partial charge in [-0.25, -0.2) is 14.4 Å². The van der Waals surface area contributed by atoms with Gasteiger partial charge in [0.15, 0.2) is 17.7 Å². The van der Waals surface area contributed by atoms with Crippen LogP contribution in [-0.4, -0.2) is 40.8 Å². The molecule has 1 aliphatic rings. The smallest absolute Gasteiger partial charge is 0.270 e. The SMILES string of the molecule is COc1cc(CNC(=O)c2cc(C3=NOC(c4cc[nH]c(=O)c4C(C)OC)C3)nc(C)n2)ccc1F. The van der Waals surface area contributed by atoms with E-state index in [1.165, 1.54) is 32.4 Å². The number of benzene rings is 1. The Hall–Kier alpha value is -4.12. The monoisotopic (exact) mass is 495 g/mol. The minimum Gasteiger partial charge on any atom is -0.494 e. The van der Waals surface area contributed by atoms with Crippen LogP contribution in [0.2, 0.25) is 0 Å². The molecule has 0 spiro atoms. The highest BCUT2D eigenvalue weighted by Gasteiger charge is 2.30. The van der Waals surface area contributed by atoms with Crippen LogP contribution >= 0.6 is 0 Å². The Labute approximate surface area is 206 Å². The maximum absolute atomic E-state index is 13.6. The molecule has 2 aromatic heterocycles. The molecule has 1 aliphatic heterocycles. The van der Waals surface area contributed by atoms with Crippen molar-refractivity contribution in [3.63, 3.8) is 0 Å². The topological polar surface area (TPSA) is 128 Å². The van der Waals surface area contributed by atoms with Crippen LogP contribution in [0.25, 0.3) is 0 Å². The number of ether oxygens (including phenoxy) is 2. The summed E-state index contributed by atoms with van der Waals surface area (Å²) >= 11 is 0. The zero-order valence-corrected chi connectivity index (χ0v) is 20.3. The van der Waals surface area contributed by atoms with E-state index in [0.29, 0.717) is 40.3 Å². The first kappa shape index (κ1) is 25.0. The summed E-state index contributed by atoms with van der Waals surface area (Å²) in [5, 5.41) is 6.94. The van der Waals surface area contributed by atoms with Crippen molar-refractivity contribution in [2.24, 2.45) is 5.16 Å². The molecule has 0 saturated heterocycles. The predicted molar refractivity (Wildman–Crippen MR) is 128 cm³/mol. The van der Waals surface area contributed by atoms with Gasteiger partial charge < -0.3 is 24.6 Å². The van der Waals surface area contributed by atoms with E-state index < -0.39 is 23.9 Å². The Bertz CT molecular complexity index is 1370. The molecular formula is C25H26FN5O5. The number of methoxy groups -OCH3 is 2. The third kappa shape index (κ3) is 5.25. The minimum absolute atomic E-state index is 0.0965. The number of carbonyl (C=O) groups excluding carboxylic acids is 1. The molecule has 2 atom stereocenters. The number of hydrogen-bond acceptors (Lipinski definition) is 8. The highest BCUT2D eigenvalue weighted by Crippen LogP contribution is 2.32. The summed E-state index contributed by atoms with van der Waals surface area (Å²) in [6, 6.07) is 7.66. The van der Waals surface area contributed by atoms with Crippen LogP contribution in [0.3, 0.4) is 0 Å². The van der Waals surface area contributed by atoms with Crippen LogP contribution in [0.15, 0.2) is 46.5 Å². The number of nitrogens with one attached hydrogen (secondary N) is 2. The predicted octanol–water partition coefficient (Wildman–Crippen LogP) is 3.12. The van der Waals surface area contributed by atoms with E-state index in [0.717, 1.165) is 0 Å². The van der Waals surface area contributed by atoms with Gasteiger partial charge in [0.1, 0.15) is 17.2 Å². The van der Waals surface area contributed by atoms with Crippen LogP contribution in [0.5, 0.6) is 5.75 Å². The molecule has 3 aromatic rings. The zero-order chi connectivity index (χ0) is 25.8. The van der Waals surface area contributed by atoms with E-state index in [1.807, 2.05) is 0 Å². The summed E-state index contributed by atoms with van der Waals surface area (Å²) in [6.45, 7) is 3.61. The number of rotatable bonds is 8. The van der Waals surface area contributed by atoms with Crippen molar-refractivity contribution in [2.45, 2.75) is 39.0 Å². The van der Waals surface area contributed by atoms with Gasteiger partial charge in [0.25, 0.3) is 11.5 Å². The second-order valence-corrected chi connectivity index (χ2v) is 8.23.